The SMILES string of the molecule is Cc1nc2c(Br)cc(Br)cc2c(=O)n1-c1cccc(OCC(O)CN2CCN(c3ccccc3)CC2)c1. The zero-order valence-corrected chi connectivity index (χ0v) is 23.7. The normalized spacial score (nSPS) is 15.2. The second-order valence-corrected chi connectivity index (χ2v) is 10.9. The number of aryl methyl sites for hydroxylation is 1. The summed E-state index contributed by atoms with van der Waals surface area (Å²) in [5.74, 6) is 1.17. The number of nitrogens with zero attached hydrogens (tertiary/aromatic N) is 4. The van der Waals surface area contributed by atoms with Gasteiger partial charge in [-0.25, -0.2) is 4.98 Å². The number of aromatic nitrogens is 2. The molecule has 9 heteroatoms. The van der Waals surface area contributed by atoms with Crippen LogP contribution in [-0.2, 0) is 0 Å². The van der Waals surface area contributed by atoms with Crippen LogP contribution in [0.25, 0.3) is 16.6 Å². The number of hydrogen-bond donors (Lipinski definition) is 1. The number of rotatable bonds is 7. The van der Waals surface area contributed by atoms with E-state index in [4.69, 9.17) is 4.74 Å². The van der Waals surface area contributed by atoms with Crippen molar-refractivity contribution in [3.63, 3.8) is 0 Å². The Kier molecular flexibility index (Phi) is 7.95. The molecule has 1 atom stereocenters. The first kappa shape index (κ1) is 25.9. The molecule has 192 valence electrons. The molecular weight excluding hydrogens is 600 g/mol. The molecule has 0 spiro atoms. The third-order valence-electron chi connectivity index (χ3n) is 6.54. The van der Waals surface area contributed by atoms with E-state index in [2.05, 4.69) is 70.9 Å². The standard InChI is InChI=1S/C28H28Br2N4O3/c1-19-31-27-25(14-20(29)15-26(27)30)28(36)34(19)22-8-5-9-24(16-22)37-18-23(35)17-32-10-12-33(13-11-32)21-6-3-2-4-7-21/h2-9,14-16,23,35H,10-13,17-18H2,1H3. The predicted octanol–water partition coefficient (Wildman–Crippen LogP) is 4.78. The number of aliphatic hydroxyl groups excluding tert-OH is 1. The molecule has 7 nitrogen and oxygen atoms in total. The Morgan fingerprint density at radius 2 is 1.70 bits per heavy atom. The summed E-state index contributed by atoms with van der Waals surface area (Å²) in [7, 11) is 0. The van der Waals surface area contributed by atoms with E-state index in [1.54, 1.807) is 16.7 Å². The topological polar surface area (TPSA) is 70.8 Å². The monoisotopic (exact) mass is 626 g/mol. The minimum Gasteiger partial charge on any atom is -0.491 e. The van der Waals surface area contributed by atoms with E-state index in [1.807, 2.05) is 37.3 Å². The lowest BCUT2D eigenvalue weighted by molar-refractivity contribution is 0.0663. The Labute approximate surface area is 232 Å². The van der Waals surface area contributed by atoms with Crippen molar-refractivity contribution >= 4 is 48.5 Å². The van der Waals surface area contributed by atoms with Gasteiger partial charge in [-0.05, 0) is 59.3 Å². The molecule has 0 radical (unpaired) electrons. The van der Waals surface area contributed by atoms with Crippen LogP contribution in [0.15, 0.2) is 80.5 Å². The number of hydrogen-bond acceptors (Lipinski definition) is 6. The number of piperazine rings is 1. The molecule has 1 fully saturated rings. The number of aliphatic hydroxyl groups is 1. The van der Waals surface area contributed by atoms with E-state index < -0.39 is 6.10 Å². The summed E-state index contributed by atoms with van der Waals surface area (Å²) in [6.07, 6.45) is -0.617. The highest BCUT2D eigenvalue weighted by molar-refractivity contribution is 9.11. The van der Waals surface area contributed by atoms with Gasteiger partial charge in [0.25, 0.3) is 5.56 Å². The molecule has 0 amide bonds. The first-order valence-corrected chi connectivity index (χ1v) is 13.8. The van der Waals surface area contributed by atoms with Gasteiger partial charge in [-0.3, -0.25) is 14.3 Å². The number of β-amino-alcohol motifs (C(OH)–C–C–N with tert-alkyl or cyclic N) is 1. The van der Waals surface area contributed by atoms with Gasteiger partial charge >= 0.3 is 0 Å². The zero-order chi connectivity index (χ0) is 25.9. The van der Waals surface area contributed by atoms with Crippen molar-refractivity contribution in [1.29, 1.82) is 0 Å². The maximum Gasteiger partial charge on any atom is 0.266 e. The van der Waals surface area contributed by atoms with Gasteiger partial charge in [0.2, 0.25) is 0 Å². The Hall–Kier alpha value is -2.72. The van der Waals surface area contributed by atoms with Crippen LogP contribution in [0.3, 0.4) is 0 Å². The fourth-order valence-electron chi connectivity index (χ4n) is 4.71. The number of benzene rings is 3. The number of para-hydroxylation sites is 1. The van der Waals surface area contributed by atoms with E-state index in [0.717, 1.165) is 35.1 Å². The molecule has 1 N–H and O–H groups in total. The van der Waals surface area contributed by atoms with Crippen LogP contribution in [0.2, 0.25) is 0 Å². The maximum absolute atomic E-state index is 13.4. The highest BCUT2D eigenvalue weighted by atomic mass is 79.9. The molecule has 1 aliphatic rings. The number of fused-ring (bicyclic) bond motifs is 1. The van der Waals surface area contributed by atoms with Crippen molar-refractivity contribution in [2.45, 2.75) is 13.0 Å². The quantitative estimate of drug-likeness (QED) is 0.318. The minimum absolute atomic E-state index is 0.156. The summed E-state index contributed by atoms with van der Waals surface area (Å²) in [6.45, 7) is 6.19. The van der Waals surface area contributed by atoms with E-state index >= 15 is 0 Å². The van der Waals surface area contributed by atoms with Crippen LogP contribution < -0.4 is 15.2 Å². The minimum atomic E-state index is -0.617. The lowest BCUT2D eigenvalue weighted by Crippen LogP contribution is -2.49. The summed E-state index contributed by atoms with van der Waals surface area (Å²) < 4.78 is 9.07. The van der Waals surface area contributed by atoms with E-state index in [9.17, 15) is 9.90 Å². The van der Waals surface area contributed by atoms with Crippen molar-refractivity contribution in [3.05, 3.63) is 91.9 Å². The summed E-state index contributed by atoms with van der Waals surface area (Å²) in [5.41, 5.74) is 2.37. The highest BCUT2D eigenvalue weighted by Crippen LogP contribution is 2.26. The molecule has 37 heavy (non-hydrogen) atoms. The Bertz CT molecular complexity index is 1450. The van der Waals surface area contributed by atoms with Gasteiger partial charge in [-0.1, -0.05) is 40.2 Å². The average molecular weight is 628 g/mol. The van der Waals surface area contributed by atoms with Gasteiger partial charge in [-0.15, -0.1) is 0 Å². The molecule has 1 aliphatic heterocycles. The summed E-state index contributed by atoms with van der Waals surface area (Å²) in [6, 6.07) is 21.4. The molecule has 1 saturated heterocycles. The van der Waals surface area contributed by atoms with Crippen molar-refractivity contribution in [2.24, 2.45) is 0 Å². The van der Waals surface area contributed by atoms with Gasteiger partial charge in [0.15, 0.2) is 0 Å². The lowest BCUT2D eigenvalue weighted by atomic mass is 10.2. The fraction of sp³-hybridized carbons (Fsp3) is 0.286. The highest BCUT2D eigenvalue weighted by Gasteiger charge is 2.20. The molecule has 0 saturated carbocycles. The number of anilines is 1. The Balaban J connectivity index is 1.23. The second kappa shape index (κ2) is 11.3. The molecular formula is C28H28Br2N4O3. The average Bonchev–Trinajstić information content (AvgIpc) is 2.90. The van der Waals surface area contributed by atoms with Crippen LogP contribution >= 0.6 is 31.9 Å². The lowest BCUT2D eigenvalue weighted by Gasteiger charge is -2.36. The van der Waals surface area contributed by atoms with Gasteiger partial charge in [-0.2, -0.15) is 0 Å². The molecule has 4 aromatic rings. The maximum atomic E-state index is 13.4. The molecule has 1 aromatic heterocycles. The van der Waals surface area contributed by atoms with Crippen molar-refractivity contribution in [1.82, 2.24) is 14.5 Å². The summed E-state index contributed by atoms with van der Waals surface area (Å²) in [4.78, 5) is 22.6. The summed E-state index contributed by atoms with van der Waals surface area (Å²) in [5, 5.41) is 11.2. The Morgan fingerprint density at radius 1 is 0.973 bits per heavy atom. The van der Waals surface area contributed by atoms with Crippen LogP contribution in [0.1, 0.15) is 5.82 Å². The van der Waals surface area contributed by atoms with E-state index in [0.29, 0.717) is 34.7 Å². The van der Waals surface area contributed by atoms with Gasteiger partial charge < -0.3 is 14.7 Å². The van der Waals surface area contributed by atoms with Crippen molar-refractivity contribution in [2.75, 3.05) is 44.2 Å². The van der Waals surface area contributed by atoms with Gasteiger partial charge in [0.05, 0.1) is 16.6 Å². The van der Waals surface area contributed by atoms with Crippen LogP contribution in [0, 0.1) is 6.92 Å². The van der Waals surface area contributed by atoms with Gasteiger partial charge in [0, 0.05) is 53.4 Å². The molecule has 3 aromatic carbocycles. The largest absolute Gasteiger partial charge is 0.491 e. The number of ether oxygens (including phenoxy) is 1. The molecule has 0 bridgehead atoms. The molecule has 1 unspecified atom stereocenters. The van der Waals surface area contributed by atoms with E-state index in [-0.39, 0.29) is 12.2 Å². The smallest absolute Gasteiger partial charge is 0.266 e. The number of halogens is 2. The third kappa shape index (κ3) is 5.90. The molecule has 5 rings (SSSR count). The van der Waals surface area contributed by atoms with Gasteiger partial charge in [0.1, 0.15) is 24.3 Å². The first-order chi connectivity index (χ1) is 17.9. The predicted molar refractivity (Wildman–Crippen MR) is 154 cm³/mol. The Morgan fingerprint density at radius 3 is 2.46 bits per heavy atom. The van der Waals surface area contributed by atoms with Crippen LogP contribution in [0.4, 0.5) is 5.69 Å². The van der Waals surface area contributed by atoms with Crippen molar-refractivity contribution in [3.8, 4) is 11.4 Å². The fourth-order valence-corrected chi connectivity index (χ4v) is 6.02. The molecule has 0 aliphatic carbocycles. The zero-order valence-electron chi connectivity index (χ0n) is 20.5. The second-order valence-electron chi connectivity index (χ2n) is 9.17. The summed E-state index contributed by atoms with van der Waals surface area (Å²) >= 11 is 6.96. The third-order valence-corrected chi connectivity index (χ3v) is 7.60. The van der Waals surface area contributed by atoms with E-state index in [1.165, 1.54) is 5.69 Å². The molecule has 2 heterocycles. The van der Waals surface area contributed by atoms with Crippen LogP contribution in [0.5, 0.6) is 5.75 Å². The van der Waals surface area contributed by atoms with Crippen molar-refractivity contribution < 1.29 is 9.84 Å². The first-order valence-electron chi connectivity index (χ1n) is 12.2. The van der Waals surface area contributed by atoms with Crippen LogP contribution in [-0.4, -0.2) is 65.0 Å².